The van der Waals surface area contributed by atoms with Gasteiger partial charge in [0.15, 0.2) is 0 Å². The van der Waals surface area contributed by atoms with Crippen LogP contribution in [-0.2, 0) is 13.1 Å². The molecule has 0 saturated heterocycles. The van der Waals surface area contributed by atoms with E-state index < -0.39 is 0 Å². The van der Waals surface area contributed by atoms with Crippen LogP contribution in [0.3, 0.4) is 0 Å². The van der Waals surface area contributed by atoms with E-state index in [-0.39, 0.29) is 0 Å². The average Bonchev–Trinajstić information content (AvgIpc) is 2.64. The summed E-state index contributed by atoms with van der Waals surface area (Å²) in [5.74, 6) is 0. The van der Waals surface area contributed by atoms with Crippen molar-refractivity contribution in [3.05, 3.63) is 35.0 Å². The van der Waals surface area contributed by atoms with Crippen molar-refractivity contribution in [2.45, 2.75) is 32.9 Å². The molecule has 0 atom stereocenters. The number of halogens is 1. The van der Waals surface area contributed by atoms with Gasteiger partial charge in [-0.2, -0.15) is 0 Å². The number of rotatable bonds is 5. The summed E-state index contributed by atoms with van der Waals surface area (Å²) in [5.41, 5.74) is 2.65. The molecule has 0 saturated carbocycles. The highest BCUT2D eigenvalue weighted by molar-refractivity contribution is 6.31. The number of hydrogen-bond donors (Lipinski definition) is 0. The molecule has 2 nitrogen and oxygen atoms in total. The molecule has 0 spiro atoms. The summed E-state index contributed by atoms with van der Waals surface area (Å²) in [5, 5.41) is 2.10. The van der Waals surface area contributed by atoms with Crippen molar-refractivity contribution in [1.29, 1.82) is 0 Å². The minimum atomic E-state index is 0.816. The maximum atomic E-state index is 6.12. The predicted molar refractivity (Wildman–Crippen MR) is 79.2 cm³/mol. The zero-order valence-electron chi connectivity index (χ0n) is 11.4. The van der Waals surface area contributed by atoms with Crippen molar-refractivity contribution in [3.8, 4) is 0 Å². The van der Waals surface area contributed by atoms with Crippen LogP contribution in [0.1, 0.15) is 25.3 Å². The van der Waals surface area contributed by atoms with Crippen LogP contribution in [-0.4, -0.2) is 23.6 Å². The fourth-order valence-electron chi connectivity index (χ4n) is 2.32. The second kappa shape index (κ2) is 5.77. The molecule has 3 heteroatoms. The van der Waals surface area contributed by atoms with Crippen LogP contribution >= 0.6 is 11.6 Å². The van der Waals surface area contributed by atoms with Crippen LogP contribution in [0, 0.1) is 0 Å². The number of fused-ring (bicyclic) bond motifs is 1. The van der Waals surface area contributed by atoms with E-state index in [0.717, 1.165) is 18.1 Å². The van der Waals surface area contributed by atoms with E-state index in [1.165, 1.54) is 29.3 Å². The molecular formula is C15H21ClN2. The molecule has 98 valence electrons. The molecular weight excluding hydrogens is 244 g/mol. The minimum Gasteiger partial charge on any atom is -0.347 e. The monoisotopic (exact) mass is 264 g/mol. The number of aryl methyl sites for hydroxylation is 1. The van der Waals surface area contributed by atoms with Crippen LogP contribution in [0.2, 0.25) is 5.02 Å². The number of hydrogen-bond acceptors (Lipinski definition) is 1. The summed E-state index contributed by atoms with van der Waals surface area (Å²) in [7, 11) is 4.19. The lowest BCUT2D eigenvalue weighted by Gasteiger charge is -2.07. The number of aromatic nitrogens is 1. The zero-order valence-corrected chi connectivity index (χ0v) is 12.2. The standard InChI is InChI=1S/C15H21ClN2/c1-4-5-8-18-11-12(10-17(2)3)14-9-13(16)6-7-15(14)18/h6-7,9,11H,4-5,8,10H2,1-3H3. The van der Waals surface area contributed by atoms with Crippen molar-refractivity contribution < 1.29 is 0 Å². The second-order valence-corrected chi connectivity index (χ2v) is 5.54. The Morgan fingerprint density at radius 2 is 2.06 bits per heavy atom. The Morgan fingerprint density at radius 1 is 1.28 bits per heavy atom. The van der Waals surface area contributed by atoms with Crippen LogP contribution in [0.5, 0.6) is 0 Å². The van der Waals surface area contributed by atoms with Gasteiger partial charge in [-0.25, -0.2) is 0 Å². The third kappa shape index (κ3) is 2.88. The molecule has 0 unspecified atom stereocenters. The second-order valence-electron chi connectivity index (χ2n) is 5.10. The first-order valence-corrected chi connectivity index (χ1v) is 6.91. The number of benzene rings is 1. The molecule has 0 fully saturated rings. The molecule has 0 radical (unpaired) electrons. The molecule has 1 aromatic carbocycles. The minimum absolute atomic E-state index is 0.816. The highest BCUT2D eigenvalue weighted by Crippen LogP contribution is 2.26. The Bertz CT molecular complexity index is 529. The lowest BCUT2D eigenvalue weighted by atomic mass is 10.2. The van der Waals surface area contributed by atoms with E-state index in [2.05, 4.69) is 48.8 Å². The van der Waals surface area contributed by atoms with Gasteiger partial charge in [-0.05, 0) is 44.3 Å². The van der Waals surface area contributed by atoms with Gasteiger partial charge in [0, 0.05) is 35.2 Å². The van der Waals surface area contributed by atoms with Gasteiger partial charge in [0.1, 0.15) is 0 Å². The molecule has 1 aromatic heterocycles. The van der Waals surface area contributed by atoms with E-state index in [1.54, 1.807) is 0 Å². The van der Waals surface area contributed by atoms with Crippen LogP contribution in [0.4, 0.5) is 0 Å². The molecule has 0 bridgehead atoms. The third-order valence-corrected chi connectivity index (χ3v) is 3.40. The van der Waals surface area contributed by atoms with Crippen LogP contribution < -0.4 is 0 Å². The molecule has 0 N–H and O–H groups in total. The zero-order chi connectivity index (χ0) is 13.1. The van der Waals surface area contributed by atoms with Crippen molar-refractivity contribution in [2.75, 3.05) is 14.1 Å². The molecule has 2 aromatic rings. The van der Waals surface area contributed by atoms with Crippen LogP contribution in [0.15, 0.2) is 24.4 Å². The molecule has 2 rings (SSSR count). The van der Waals surface area contributed by atoms with Crippen molar-refractivity contribution in [1.82, 2.24) is 9.47 Å². The van der Waals surface area contributed by atoms with E-state index in [0.29, 0.717) is 0 Å². The summed E-state index contributed by atoms with van der Waals surface area (Å²) in [6, 6.07) is 6.19. The van der Waals surface area contributed by atoms with E-state index in [1.807, 2.05) is 6.07 Å². The first-order valence-electron chi connectivity index (χ1n) is 6.54. The first kappa shape index (κ1) is 13.4. The van der Waals surface area contributed by atoms with Gasteiger partial charge in [0.2, 0.25) is 0 Å². The van der Waals surface area contributed by atoms with Gasteiger partial charge >= 0.3 is 0 Å². The highest BCUT2D eigenvalue weighted by atomic mass is 35.5. The van der Waals surface area contributed by atoms with Crippen molar-refractivity contribution in [2.24, 2.45) is 0 Å². The van der Waals surface area contributed by atoms with E-state index >= 15 is 0 Å². The van der Waals surface area contributed by atoms with Gasteiger partial charge in [-0.3, -0.25) is 0 Å². The van der Waals surface area contributed by atoms with Gasteiger partial charge in [-0.15, -0.1) is 0 Å². The normalized spacial score (nSPS) is 11.6. The van der Waals surface area contributed by atoms with Gasteiger partial charge < -0.3 is 9.47 Å². The van der Waals surface area contributed by atoms with Crippen molar-refractivity contribution in [3.63, 3.8) is 0 Å². The Kier molecular flexibility index (Phi) is 4.31. The smallest absolute Gasteiger partial charge is 0.0484 e. The molecule has 0 aliphatic rings. The lowest BCUT2D eigenvalue weighted by Crippen LogP contribution is -2.10. The summed E-state index contributed by atoms with van der Waals surface area (Å²) < 4.78 is 2.36. The first-order chi connectivity index (χ1) is 8.61. The molecule has 0 aliphatic carbocycles. The third-order valence-electron chi connectivity index (χ3n) is 3.16. The van der Waals surface area contributed by atoms with E-state index in [4.69, 9.17) is 11.6 Å². The molecule has 0 aliphatic heterocycles. The Labute approximate surface area is 114 Å². The molecule has 1 heterocycles. The lowest BCUT2D eigenvalue weighted by molar-refractivity contribution is 0.403. The summed E-state index contributed by atoms with van der Waals surface area (Å²) >= 11 is 6.12. The highest BCUT2D eigenvalue weighted by Gasteiger charge is 2.09. The van der Waals surface area contributed by atoms with Crippen LogP contribution in [0.25, 0.3) is 10.9 Å². The summed E-state index contributed by atoms with van der Waals surface area (Å²) in [4.78, 5) is 2.19. The Balaban J connectivity index is 2.45. The SMILES string of the molecule is CCCCn1cc(CN(C)C)c2cc(Cl)ccc21. The number of nitrogens with zero attached hydrogens (tertiary/aromatic N) is 2. The fraction of sp³-hybridized carbons (Fsp3) is 0.467. The topological polar surface area (TPSA) is 8.17 Å². The van der Waals surface area contributed by atoms with Gasteiger partial charge in [-0.1, -0.05) is 24.9 Å². The van der Waals surface area contributed by atoms with Crippen molar-refractivity contribution >= 4 is 22.5 Å². The Morgan fingerprint density at radius 3 is 2.72 bits per heavy atom. The fourth-order valence-corrected chi connectivity index (χ4v) is 2.50. The largest absolute Gasteiger partial charge is 0.347 e. The predicted octanol–water partition coefficient (Wildman–Crippen LogP) is 4.16. The number of unbranched alkanes of at least 4 members (excludes halogenated alkanes) is 1. The maximum absolute atomic E-state index is 6.12. The summed E-state index contributed by atoms with van der Waals surface area (Å²) in [6.07, 6.45) is 4.71. The van der Waals surface area contributed by atoms with Gasteiger partial charge in [0.05, 0.1) is 0 Å². The quantitative estimate of drug-likeness (QED) is 0.787. The Hall–Kier alpha value is -0.990. The maximum Gasteiger partial charge on any atom is 0.0484 e. The molecule has 18 heavy (non-hydrogen) atoms. The average molecular weight is 265 g/mol. The molecule has 0 amide bonds. The van der Waals surface area contributed by atoms with Gasteiger partial charge in [0.25, 0.3) is 0 Å². The van der Waals surface area contributed by atoms with E-state index in [9.17, 15) is 0 Å². The summed E-state index contributed by atoms with van der Waals surface area (Å²) in [6.45, 7) is 4.27.